The first-order chi connectivity index (χ1) is 7.73. The Balaban J connectivity index is 1.66. The van der Waals surface area contributed by atoms with E-state index >= 15 is 0 Å². The molecule has 1 heteroatoms. The molecule has 0 amide bonds. The summed E-state index contributed by atoms with van der Waals surface area (Å²) in [7, 11) is 0. The van der Waals surface area contributed by atoms with Gasteiger partial charge in [-0.05, 0) is 76.0 Å². The molecular formula is C15H22O. The molecule has 0 aliphatic heterocycles. The van der Waals surface area contributed by atoms with Gasteiger partial charge in [0.25, 0.3) is 0 Å². The minimum absolute atomic E-state index is 0.184. The van der Waals surface area contributed by atoms with Crippen LogP contribution in [-0.2, 0) is 4.79 Å². The molecule has 0 heterocycles. The lowest BCUT2D eigenvalue weighted by molar-refractivity contribution is -0.138. The van der Waals surface area contributed by atoms with Crippen LogP contribution in [0.25, 0.3) is 0 Å². The minimum Gasteiger partial charge on any atom is -0.298 e. The molecule has 0 aromatic rings. The van der Waals surface area contributed by atoms with E-state index in [2.05, 4.69) is 0 Å². The summed E-state index contributed by atoms with van der Waals surface area (Å²) in [6.07, 6.45) is 12.9. The Bertz CT molecular complexity index is 295. The third-order valence-corrected chi connectivity index (χ3v) is 6.45. The predicted octanol–water partition coefficient (Wildman–Crippen LogP) is 3.72. The van der Waals surface area contributed by atoms with Crippen LogP contribution in [-0.4, -0.2) is 5.78 Å². The first-order valence-electron chi connectivity index (χ1n) is 7.27. The topological polar surface area (TPSA) is 17.1 Å². The first kappa shape index (κ1) is 9.67. The monoisotopic (exact) mass is 218 g/mol. The zero-order chi connectivity index (χ0) is 10.8. The smallest absolute Gasteiger partial charge is 0.145 e. The third kappa shape index (κ3) is 1.05. The summed E-state index contributed by atoms with van der Waals surface area (Å²) >= 11 is 0. The number of hydrogen-bond donors (Lipinski definition) is 0. The molecule has 4 bridgehead atoms. The molecule has 0 radical (unpaired) electrons. The molecule has 0 atom stereocenters. The van der Waals surface area contributed by atoms with Gasteiger partial charge in [-0.2, -0.15) is 0 Å². The Kier molecular flexibility index (Phi) is 1.76. The molecular weight excluding hydrogens is 196 g/mol. The second-order valence-electron chi connectivity index (χ2n) is 7.18. The molecule has 1 nitrogen and oxygen atoms in total. The SMILES string of the molecule is O=C(C12CCC(CC1)C2)C12CCC(CC1)C2. The molecule has 4 aliphatic rings. The number of hydrogen-bond acceptors (Lipinski definition) is 1. The maximum atomic E-state index is 13.0. The van der Waals surface area contributed by atoms with Crippen LogP contribution in [0.4, 0.5) is 0 Å². The maximum Gasteiger partial charge on any atom is 0.145 e. The highest BCUT2D eigenvalue weighted by molar-refractivity contribution is 5.91. The van der Waals surface area contributed by atoms with Crippen molar-refractivity contribution in [3.05, 3.63) is 0 Å². The molecule has 4 rings (SSSR count). The average molecular weight is 218 g/mol. The summed E-state index contributed by atoms with van der Waals surface area (Å²) in [6, 6.07) is 0. The lowest BCUT2D eigenvalue weighted by atomic mass is 9.66. The van der Waals surface area contributed by atoms with Crippen molar-refractivity contribution >= 4 is 5.78 Å². The van der Waals surface area contributed by atoms with E-state index in [9.17, 15) is 4.79 Å². The highest BCUT2D eigenvalue weighted by Gasteiger charge is 2.59. The maximum absolute atomic E-state index is 13.0. The Morgan fingerprint density at radius 2 is 1.12 bits per heavy atom. The second-order valence-corrected chi connectivity index (χ2v) is 7.18. The van der Waals surface area contributed by atoms with Crippen molar-refractivity contribution in [3.8, 4) is 0 Å². The zero-order valence-electron chi connectivity index (χ0n) is 10.1. The third-order valence-electron chi connectivity index (χ3n) is 6.45. The quantitative estimate of drug-likeness (QED) is 0.690. The number of carbonyl (C=O) groups excluding carboxylic acids is 1. The molecule has 16 heavy (non-hydrogen) atoms. The van der Waals surface area contributed by atoms with Gasteiger partial charge in [-0.25, -0.2) is 0 Å². The lowest BCUT2D eigenvalue weighted by Gasteiger charge is -2.35. The van der Waals surface area contributed by atoms with Gasteiger partial charge in [0, 0.05) is 10.8 Å². The summed E-state index contributed by atoms with van der Waals surface area (Å²) in [5.74, 6) is 2.57. The van der Waals surface area contributed by atoms with E-state index in [-0.39, 0.29) is 10.8 Å². The molecule has 4 saturated carbocycles. The Morgan fingerprint density at radius 1 is 0.750 bits per heavy atom. The first-order valence-corrected chi connectivity index (χ1v) is 7.27. The summed E-state index contributed by atoms with van der Waals surface area (Å²) in [4.78, 5) is 13.0. The fourth-order valence-electron chi connectivity index (χ4n) is 5.58. The summed E-state index contributed by atoms with van der Waals surface area (Å²) in [5.41, 5.74) is 0.369. The van der Waals surface area contributed by atoms with Crippen molar-refractivity contribution in [1.82, 2.24) is 0 Å². The predicted molar refractivity (Wildman–Crippen MR) is 63.0 cm³/mol. The molecule has 0 unspecified atom stereocenters. The normalized spacial score (nSPS) is 53.8. The van der Waals surface area contributed by atoms with Gasteiger partial charge in [-0.1, -0.05) is 0 Å². The van der Waals surface area contributed by atoms with Gasteiger partial charge in [0.1, 0.15) is 5.78 Å². The number of ketones is 1. The van der Waals surface area contributed by atoms with E-state index in [4.69, 9.17) is 0 Å². The number of fused-ring (bicyclic) bond motifs is 4. The largest absolute Gasteiger partial charge is 0.298 e. The number of rotatable bonds is 2. The van der Waals surface area contributed by atoms with E-state index in [1.54, 1.807) is 0 Å². The highest BCUT2D eigenvalue weighted by Crippen LogP contribution is 2.63. The van der Waals surface area contributed by atoms with E-state index in [1.807, 2.05) is 0 Å². The molecule has 0 spiro atoms. The Hall–Kier alpha value is -0.330. The molecule has 0 aromatic heterocycles. The summed E-state index contributed by atoms with van der Waals surface area (Å²) in [6.45, 7) is 0. The van der Waals surface area contributed by atoms with Gasteiger partial charge in [0.05, 0.1) is 0 Å². The number of carbonyl (C=O) groups is 1. The van der Waals surface area contributed by atoms with Crippen LogP contribution < -0.4 is 0 Å². The highest BCUT2D eigenvalue weighted by atomic mass is 16.1. The van der Waals surface area contributed by atoms with Gasteiger partial charge in [-0.15, -0.1) is 0 Å². The van der Waals surface area contributed by atoms with Crippen molar-refractivity contribution in [1.29, 1.82) is 0 Å². The molecule has 88 valence electrons. The molecule has 0 N–H and O–H groups in total. The molecule has 4 aliphatic carbocycles. The van der Waals surface area contributed by atoms with Crippen molar-refractivity contribution < 1.29 is 4.79 Å². The average Bonchev–Trinajstić information content (AvgIpc) is 3.08. The van der Waals surface area contributed by atoms with E-state index in [1.165, 1.54) is 64.2 Å². The van der Waals surface area contributed by atoms with Crippen LogP contribution >= 0.6 is 0 Å². The van der Waals surface area contributed by atoms with Gasteiger partial charge in [-0.3, -0.25) is 4.79 Å². The molecule has 4 fully saturated rings. The standard InChI is InChI=1S/C15H22O/c16-13(14-5-1-11(9-14)2-6-14)15-7-3-12(10-15)4-8-15/h11-12H,1-10H2. The van der Waals surface area contributed by atoms with Crippen LogP contribution in [0.2, 0.25) is 0 Å². The van der Waals surface area contributed by atoms with Gasteiger partial charge >= 0.3 is 0 Å². The summed E-state index contributed by atoms with van der Waals surface area (Å²) < 4.78 is 0. The molecule has 0 aromatic carbocycles. The lowest BCUT2D eigenvalue weighted by Crippen LogP contribution is -2.39. The Morgan fingerprint density at radius 3 is 1.38 bits per heavy atom. The van der Waals surface area contributed by atoms with Crippen molar-refractivity contribution in [2.45, 2.75) is 64.2 Å². The van der Waals surface area contributed by atoms with E-state index in [0.717, 1.165) is 17.6 Å². The van der Waals surface area contributed by atoms with Crippen LogP contribution in [0.15, 0.2) is 0 Å². The van der Waals surface area contributed by atoms with Gasteiger partial charge < -0.3 is 0 Å². The van der Waals surface area contributed by atoms with Crippen molar-refractivity contribution in [2.24, 2.45) is 22.7 Å². The summed E-state index contributed by atoms with van der Waals surface area (Å²) in [5, 5.41) is 0. The van der Waals surface area contributed by atoms with Crippen molar-refractivity contribution in [3.63, 3.8) is 0 Å². The van der Waals surface area contributed by atoms with E-state index < -0.39 is 0 Å². The van der Waals surface area contributed by atoms with E-state index in [0.29, 0.717) is 0 Å². The van der Waals surface area contributed by atoms with Gasteiger partial charge in [0.15, 0.2) is 0 Å². The fourth-order valence-corrected chi connectivity index (χ4v) is 5.58. The fraction of sp³-hybridized carbons (Fsp3) is 0.933. The van der Waals surface area contributed by atoms with Crippen LogP contribution in [0, 0.1) is 22.7 Å². The Labute approximate surface area is 98.0 Å². The molecule has 0 saturated heterocycles. The minimum atomic E-state index is 0.184. The number of Topliss-reactive ketones (excluding diaryl/α,β-unsaturated/α-hetero) is 1. The van der Waals surface area contributed by atoms with Gasteiger partial charge in [0.2, 0.25) is 0 Å². The van der Waals surface area contributed by atoms with Crippen molar-refractivity contribution in [2.75, 3.05) is 0 Å². The van der Waals surface area contributed by atoms with Crippen LogP contribution in [0.5, 0.6) is 0 Å². The second kappa shape index (κ2) is 2.91. The van der Waals surface area contributed by atoms with Crippen LogP contribution in [0.3, 0.4) is 0 Å². The zero-order valence-corrected chi connectivity index (χ0v) is 10.1. The van der Waals surface area contributed by atoms with Crippen LogP contribution in [0.1, 0.15) is 64.2 Å².